The average Bonchev–Trinajstić information content (AvgIpc) is 2.52. The number of para-hydroxylation sites is 1. The minimum Gasteiger partial charge on any atom is -0.493 e. The molecule has 23 heavy (non-hydrogen) atoms. The molecule has 124 valence electrons. The molecule has 1 atom stereocenters. The summed E-state index contributed by atoms with van der Waals surface area (Å²) < 4.78 is 6.01. The molecule has 2 heteroatoms. The first-order valence-electron chi connectivity index (χ1n) is 8.49. The van der Waals surface area contributed by atoms with Gasteiger partial charge in [0.1, 0.15) is 5.75 Å². The van der Waals surface area contributed by atoms with E-state index in [1.165, 1.54) is 27.8 Å². The zero-order chi connectivity index (χ0) is 16.8. The smallest absolute Gasteiger partial charge is 0.125 e. The quantitative estimate of drug-likeness (QED) is 0.744. The van der Waals surface area contributed by atoms with E-state index in [0.29, 0.717) is 12.5 Å². The Bertz CT molecular complexity index is 628. The van der Waals surface area contributed by atoms with Gasteiger partial charge in [-0.05, 0) is 75.3 Å². The largest absolute Gasteiger partial charge is 0.493 e. The molecule has 0 aliphatic heterocycles. The molecule has 0 heterocycles. The van der Waals surface area contributed by atoms with Crippen molar-refractivity contribution in [2.75, 3.05) is 13.2 Å². The number of ether oxygens (including phenoxy) is 1. The van der Waals surface area contributed by atoms with Crippen molar-refractivity contribution in [2.45, 2.75) is 46.5 Å². The molecule has 0 saturated carbocycles. The first-order valence-corrected chi connectivity index (χ1v) is 8.49. The summed E-state index contributed by atoms with van der Waals surface area (Å²) in [6.07, 6.45) is 2.08. The van der Waals surface area contributed by atoms with Crippen LogP contribution < -0.4 is 10.5 Å². The molecule has 0 fully saturated rings. The Morgan fingerprint density at radius 1 is 0.957 bits per heavy atom. The lowest BCUT2D eigenvalue weighted by atomic mass is 9.90. The molecule has 0 aliphatic carbocycles. The molecular weight excluding hydrogens is 282 g/mol. The second kappa shape index (κ2) is 8.16. The Hall–Kier alpha value is -1.80. The van der Waals surface area contributed by atoms with Crippen molar-refractivity contribution >= 4 is 0 Å². The van der Waals surface area contributed by atoms with Gasteiger partial charge in [-0.25, -0.2) is 0 Å². The lowest BCUT2D eigenvalue weighted by Gasteiger charge is -2.19. The number of hydrogen-bond donors (Lipinski definition) is 1. The van der Waals surface area contributed by atoms with Crippen LogP contribution >= 0.6 is 0 Å². The summed E-state index contributed by atoms with van der Waals surface area (Å²) in [6, 6.07) is 12.9. The number of benzene rings is 2. The van der Waals surface area contributed by atoms with Gasteiger partial charge in [-0.3, -0.25) is 0 Å². The zero-order valence-corrected chi connectivity index (χ0v) is 14.9. The molecule has 0 spiro atoms. The van der Waals surface area contributed by atoms with E-state index in [1.54, 1.807) is 0 Å². The van der Waals surface area contributed by atoms with Gasteiger partial charge >= 0.3 is 0 Å². The van der Waals surface area contributed by atoms with E-state index in [1.807, 2.05) is 0 Å². The number of rotatable bonds is 7. The summed E-state index contributed by atoms with van der Waals surface area (Å²) in [4.78, 5) is 0. The lowest BCUT2D eigenvalue weighted by molar-refractivity contribution is 0.298. The fourth-order valence-electron chi connectivity index (χ4n) is 3.13. The Morgan fingerprint density at radius 2 is 1.65 bits per heavy atom. The molecule has 2 rings (SSSR count). The van der Waals surface area contributed by atoms with Crippen LogP contribution in [0.25, 0.3) is 0 Å². The van der Waals surface area contributed by atoms with Gasteiger partial charge in [0.15, 0.2) is 0 Å². The molecule has 2 aromatic rings. The van der Waals surface area contributed by atoms with E-state index in [9.17, 15) is 0 Å². The third kappa shape index (κ3) is 4.59. The summed E-state index contributed by atoms with van der Waals surface area (Å²) in [6.45, 7) is 9.94. The van der Waals surface area contributed by atoms with Crippen molar-refractivity contribution in [1.82, 2.24) is 0 Å². The van der Waals surface area contributed by atoms with E-state index < -0.39 is 0 Å². The van der Waals surface area contributed by atoms with Crippen molar-refractivity contribution in [1.29, 1.82) is 0 Å². The highest BCUT2D eigenvalue weighted by molar-refractivity contribution is 5.39. The maximum atomic E-state index is 6.02. The Kier molecular flexibility index (Phi) is 6.23. The van der Waals surface area contributed by atoms with Gasteiger partial charge in [0, 0.05) is 0 Å². The highest BCUT2D eigenvalue weighted by Gasteiger charge is 2.13. The van der Waals surface area contributed by atoms with Crippen LogP contribution in [0.5, 0.6) is 5.75 Å². The Balaban J connectivity index is 1.93. The van der Waals surface area contributed by atoms with E-state index in [-0.39, 0.29) is 0 Å². The van der Waals surface area contributed by atoms with Gasteiger partial charge < -0.3 is 10.5 Å². The monoisotopic (exact) mass is 311 g/mol. The summed E-state index contributed by atoms with van der Waals surface area (Å²) >= 11 is 0. The minimum atomic E-state index is 0.413. The van der Waals surface area contributed by atoms with Gasteiger partial charge in [-0.15, -0.1) is 0 Å². The van der Waals surface area contributed by atoms with E-state index >= 15 is 0 Å². The lowest BCUT2D eigenvalue weighted by Crippen LogP contribution is -2.15. The third-order valence-electron chi connectivity index (χ3n) is 4.51. The molecule has 2 aromatic carbocycles. The topological polar surface area (TPSA) is 35.2 Å². The number of aryl methyl sites for hydroxylation is 4. The van der Waals surface area contributed by atoms with Gasteiger partial charge in [-0.1, -0.05) is 42.0 Å². The summed E-state index contributed by atoms with van der Waals surface area (Å²) in [5, 5.41) is 0. The molecule has 0 aromatic heterocycles. The van der Waals surface area contributed by atoms with Crippen LogP contribution in [0.3, 0.4) is 0 Å². The van der Waals surface area contributed by atoms with Crippen LogP contribution in [0.4, 0.5) is 0 Å². The fraction of sp³-hybridized carbons (Fsp3) is 0.429. The fourth-order valence-corrected chi connectivity index (χ4v) is 3.13. The van der Waals surface area contributed by atoms with Gasteiger partial charge in [0.2, 0.25) is 0 Å². The second-order valence-electron chi connectivity index (χ2n) is 6.50. The summed E-state index contributed by atoms with van der Waals surface area (Å²) in [7, 11) is 0. The second-order valence-corrected chi connectivity index (χ2v) is 6.50. The highest BCUT2D eigenvalue weighted by Crippen LogP contribution is 2.26. The van der Waals surface area contributed by atoms with Crippen molar-refractivity contribution in [3.63, 3.8) is 0 Å². The van der Waals surface area contributed by atoms with Crippen LogP contribution in [0.2, 0.25) is 0 Å². The maximum Gasteiger partial charge on any atom is 0.125 e. The van der Waals surface area contributed by atoms with Gasteiger partial charge in [0.25, 0.3) is 0 Å². The Labute approximate surface area is 140 Å². The van der Waals surface area contributed by atoms with Crippen molar-refractivity contribution in [3.8, 4) is 5.75 Å². The van der Waals surface area contributed by atoms with Crippen LogP contribution in [-0.4, -0.2) is 13.2 Å². The van der Waals surface area contributed by atoms with Gasteiger partial charge in [-0.2, -0.15) is 0 Å². The van der Waals surface area contributed by atoms with Crippen molar-refractivity contribution in [2.24, 2.45) is 5.73 Å². The minimum absolute atomic E-state index is 0.413. The van der Waals surface area contributed by atoms with Crippen molar-refractivity contribution < 1.29 is 4.74 Å². The molecule has 0 amide bonds. The zero-order valence-electron chi connectivity index (χ0n) is 14.9. The molecule has 0 bridgehead atoms. The van der Waals surface area contributed by atoms with Crippen molar-refractivity contribution in [3.05, 3.63) is 64.2 Å². The predicted molar refractivity (Wildman–Crippen MR) is 98.4 cm³/mol. The van der Waals surface area contributed by atoms with Crippen LogP contribution in [0.1, 0.15) is 46.6 Å². The molecule has 1 unspecified atom stereocenters. The molecular formula is C21H29NO. The molecule has 2 nitrogen and oxygen atoms in total. The maximum absolute atomic E-state index is 6.02. The number of nitrogens with two attached hydrogens (primary N) is 1. The van der Waals surface area contributed by atoms with E-state index in [0.717, 1.165) is 25.2 Å². The first-order chi connectivity index (χ1) is 11.0. The van der Waals surface area contributed by atoms with Crippen LogP contribution in [0.15, 0.2) is 36.4 Å². The van der Waals surface area contributed by atoms with Crippen LogP contribution in [0, 0.1) is 27.7 Å². The molecule has 2 N–H and O–H groups in total. The predicted octanol–water partition coefficient (Wildman–Crippen LogP) is 4.82. The van der Waals surface area contributed by atoms with Crippen LogP contribution in [-0.2, 0) is 0 Å². The molecule has 0 radical (unpaired) electrons. The first kappa shape index (κ1) is 17.6. The standard InChI is InChI=1S/C21H29NO/c1-15-10-11-16(2)20(13-15)19(14-22)9-6-12-23-21-17(3)7-5-8-18(21)4/h5,7-8,10-11,13,19H,6,9,12,14,22H2,1-4H3. The van der Waals surface area contributed by atoms with E-state index in [4.69, 9.17) is 10.5 Å². The normalized spacial score (nSPS) is 12.2. The Morgan fingerprint density at radius 3 is 2.30 bits per heavy atom. The number of hydrogen-bond acceptors (Lipinski definition) is 2. The summed E-state index contributed by atoms with van der Waals surface area (Å²) in [5.74, 6) is 1.44. The third-order valence-corrected chi connectivity index (χ3v) is 4.51. The average molecular weight is 311 g/mol. The molecule has 0 saturated heterocycles. The SMILES string of the molecule is Cc1ccc(C)c(C(CN)CCCOc2c(C)cccc2C)c1. The van der Waals surface area contributed by atoms with E-state index in [2.05, 4.69) is 64.1 Å². The van der Waals surface area contributed by atoms with Gasteiger partial charge in [0.05, 0.1) is 6.61 Å². The summed E-state index contributed by atoms with van der Waals surface area (Å²) in [5.41, 5.74) is 12.5. The molecule has 0 aliphatic rings. The highest BCUT2D eigenvalue weighted by atomic mass is 16.5.